The summed E-state index contributed by atoms with van der Waals surface area (Å²) in [7, 11) is 4.07. The van der Waals surface area contributed by atoms with Crippen molar-refractivity contribution in [3.63, 3.8) is 0 Å². The molecule has 42 heavy (non-hydrogen) atoms. The van der Waals surface area contributed by atoms with Crippen LogP contribution in [0.1, 0.15) is 42.3 Å². The number of β-amino-alcohol motifs (C(OH)–C–C–N with tert-alkyl or cyclic N) is 1. The second-order valence-electron chi connectivity index (χ2n) is 11.9. The average molecular weight is 586 g/mol. The molecule has 1 amide bonds. The van der Waals surface area contributed by atoms with Gasteiger partial charge in [-0.3, -0.25) is 30.1 Å². The third-order valence-corrected chi connectivity index (χ3v) is 8.52. The largest absolute Gasteiger partial charge is 0.486 e. The standard InChI is InChI=1S/C30H47N7O5/c1-5-9-35(3)30-34-28(33-23-16-40-17-23)12-26(36(30)4)29(39)31-13-24(38)15-37-10-8-21-11-25(7-6-22(21)14-37)41-18-27-20(2)32-19-42-27/h6-7,11,19,23-24,26,28,30,33-34,38H,5,8-10,12-18H2,1-4H3,(H,31,39)/t24-,26?,28?,30?/m0/s1. The molecule has 4 N–H and O–H groups in total. The molecule has 2 aromatic rings. The maximum Gasteiger partial charge on any atom is 0.237 e. The SMILES string of the molecule is CCCN(C)C1NC(NC2COC2)CC(C(=O)NC[C@H](O)CN2CCc3cc(OCc4ocnc4C)ccc3C2)N1C. The number of hydrogen-bond donors (Lipinski definition) is 4. The molecule has 232 valence electrons. The van der Waals surface area contributed by atoms with Crippen LogP contribution in [0, 0.1) is 6.92 Å². The van der Waals surface area contributed by atoms with E-state index in [4.69, 9.17) is 13.9 Å². The summed E-state index contributed by atoms with van der Waals surface area (Å²) in [5.41, 5.74) is 3.33. The van der Waals surface area contributed by atoms with Crippen molar-refractivity contribution in [1.82, 2.24) is 35.6 Å². The average Bonchev–Trinajstić information content (AvgIpc) is 3.37. The van der Waals surface area contributed by atoms with Gasteiger partial charge in [0.1, 0.15) is 18.6 Å². The number of fused-ring (bicyclic) bond motifs is 1. The Morgan fingerprint density at radius 3 is 2.88 bits per heavy atom. The molecule has 4 heterocycles. The van der Waals surface area contributed by atoms with E-state index < -0.39 is 6.10 Å². The van der Waals surface area contributed by atoms with E-state index >= 15 is 0 Å². The Morgan fingerprint density at radius 1 is 1.33 bits per heavy atom. The van der Waals surface area contributed by atoms with Crippen molar-refractivity contribution >= 4 is 5.91 Å². The summed E-state index contributed by atoms with van der Waals surface area (Å²) >= 11 is 0. The Morgan fingerprint density at radius 2 is 2.17 bits per heavy atom. The first-order valence-corrected chi connectivity index (χ1v) is 15.1. The fraction of sp³-hybridized carbons (Fsp3) is 0.667. The number of aryl methyl sites for hydroxylation is 1. The van der Waals surface area contributed by atoms with Crippen molar-refractivity contribution in [2.45, 2.75) is 76.9 Å². The van der Waals surface area contributed by atoms with Gasteiger partial charge < -0.3 is 24.3 Å². The number of likely N-dealkylation sites (N-methyl/N-ethyl adjacent to an activating group) is 1. The molecular weight excluding hydrogens is 538 g/mol. The van der Waals surface area contributed by atoms with Gasteiger partial charge in [-0.1, -0.05) is 13.0 Å². The number of aromatic nitrogens is 1. The highest BCUT2D eigenvalue weighted by molar-refractivity contribution is 5.82. The van der Waals surface area contributed by atoms with E-state index in [0.717, 1.165) is 49.7 Å². The van der Waals surface area contributed by atoms with Gasteiger partial charge in [-0.2, -0.15) is 0 Å². The zero-order valence-corrected chi connectivity index (χ0v) is 25.3. The lowest BCUT2D eigenvalue weighted by Crippen LogP contribution is -2.71. The number of carbonyl (C=O) groups is 1. The smallest absolute Gasteiger partial charge is 0.237 e. The van der Waals surface area contributed by atoms with Crippen LogP contribution in [0.25, 0.3) is 0 Å². The number of nitrogens with one attached hydrogen (secondary N) is 3. The van der Waals surface area contributed by atoms with Crippen LogP contribution >= 0.6 is 0 Å². The first kappa shape index (κ1) is 30.9. The van der Waals surface area contributed by atoms with Crippen molar-refractivity contribution in [1.29, 1.82) is 0 Å². The van der Waals surface area contributed by atoms with Gasteiger partial charge in [-0.15, -0.1) is 0 Å². The number of carbonyl (C=O) groups excluding carboxylic acids is 1. The first-order valence-electron chi connectivity index (χ1n) is 15.1. The van der Waals surface area contributed by atoms with Crippen LogP contribution in [0.2, 0.25) is 0 Å². The number of ether oxygens (including phenoxy) is 2. The highest BCUT2D eigenvalue weighted by Gasteiger charge is 2.39. The topological polar surface area (TPSA) is 128 Å². The van der Waals surface area contributed by atoms with Crippen LogP contribution in [0.15, 0.2) is 29.0 Å². The van der Waals surface area contributed by atoms with Crippen molar-refractivity contribution in [3.05, 3.63) is 47.2 Å². The van der Waals surface area contributed by atoms with E-state index in [-0.39, 0.29) is 30.9 Å². The molecule has 12 nitrogen and oxygen atoms in total. The lowest BCUT2D eigenvalue weighted by Gasteiger charge is -2.48. The third-order valence-electron chi connectivity index (χ3n) is 8.52. The number of aliphatic hydroxyl groups excluding tert-OH is 1. The lowest BCUT2D eigenvalue weighted by molar-refractivity contribution is -0.134. The molecule has 4 atom stereocenters. The molecule has 3 unspecified atom stereocenters. The Balaban J connectivity index is 1.10. The van der Waals surface area contributed by atoms with Crippen LogP contribution in [-0.4, -0.2) is 115 Å². The quantitative estimate of drug-likeness (QED) is 0.264. The maximum atomic E-state index is 13.4. The van der Waals surface area contributed by atoms with Gasteiger partial charge in [0.15, 0.2) is 12.2 Å². The van der Waals surface area contributed by atoms with E-state index in [2.05, 4.69) is 61.7 Å². The molecule has 2 saturated heterocycles. The van der Waals surface area contributed by atoms with Gasteiger partial charge in [0.05, 0.1) is 43.3 Å². The normalized spacial score (nSPS) is 24.3. The molecule has 5 rings (SSSR count). The van der Waals surface area contributed by atoms with Gasteiger partial charge in [0.2, 0.25) is 5.91 Å². The molecule has 0 saturated carbocycles. The molecule has 3 aliphatic heterocycles. The van der Waals surface area contributed by atoms with Crippen molar-refractivity contribution < 1.29 is 23.8 Å². The minimum Gasteiger partial charge on any atom is -0.486 e. The van der Waals surface area contributed by atoms with Crippen LogP contribution in [0.3, 0.4) is 0 Å². The van der Waals surface area contributed by atoms with Crippen LogP contribution in [0.4, 0.5) is 0 Å². The summed E-state index contributed by atoms with van der Waals surface area (Å²) in [4.78, 5) is 24.1. The Labute approximate surface area is 248 Å². The Bertz CT molecular complexity index is 1170. The predicted molar refractivity (Wildman–Crippen MR) is 158 cm³/mol. The zero-order chi connectivity index (χ0) is 29.6. The number of benzene rings is 1. The summed E-state index contributed by atoms with van der Waals surface area (Å²) in [5.74, 6) is 1.49. The van der Waals surface area contributed by atoms with E-state index in [0.29, 0.717) is 38.8 Å². The minimum atomic E-state index is -0.658. The summed E-state index contributed by atoms with van der Waals surface area (Å²) < 4.78 is 16.6. The molecule has 0 aliphatic carbocycles. The predicted octanol–water partition coefficient (Wildman–Crippen LogP) is 0.631. The fourth-order valence-corrected chi connectivity index (χ4v) is 6.01. The first-order chi connectivity index (χ1) is 20.3. The Hall–Kier alpha value is -2.58. The molecular formula is C30H47N7O5. The van der Waals surface area contributed by atoms with Gasteiger partial charge in [0.25, 0.3) is 0 Å². The van der Waals surface area contributed by atoms with Gasteiger partial charge in [-0.25, -0.2) is 4.98 Å². The van der Waals surface area contributed by atoms with Gasteiger partial charge >= 0.3 is 0 Å². The van der Waals surface area contributed by atoms with E-state index in [9.17, 15) is 9.90 Å². The number of nitrogens with zero attached hydrogens (tertiary/aromatic N) is 4. The molecule has 1 aromatic heterocycles. The molecule has 3 aliphatic rings. The highest BCUT2D eigenvalue weighted by Crippen LogP contribution is 2.25. The van der Waals surface area contributed by atoms with E-state index in [1.165, 1.54) is 17.5 Å². The van der Waals surface area contributed by atoms with Gasteiger partial charge in [0, 0.05) is 39.1 Å². The number of rotatable bonds is 13. The van der Waals surface area contributed by atoms with Crippen LogP contribution < -0.4 is 20.7 Å². The van der Waals surface area contributed by atoms with Gasteiger partial charge in [-0.05, 0) is 57.1 Å². The number of amides is 1. The second kappa shape index (κ2) is 14.3. The van der Waals surface area contributed by atoms with Crippen molar-refractivity contribution in [2.75, 3.05) is 53.5 Å². The summed E-state index contributed by atoms with van der Waals surface area (Å²) in [6, 6.07) is 6.16. The summed E-state index contributed by atoms with van der Waals surface area (Å²) in [5, 5.41) is 21.1. The molecule has 1 aromatic carbocycles. The molecule has 0 bridgehead atoms. The van der Waals surface area contributed by atoms with Crippen LogP contribution in [-0.2, 0) is 29.1 Å². The molecule has 0 spiro atoms. The van der Waals surface area contributed by atoms with Crippen molar-refractivity contribution in [2.24, 2.45) is 0 Å². The number of hydrogen-bond acceptors (Lipinski definition) is 11. The van der Waals surface area contributed by atoms with E-state index in [1.807, 2.05) is 20.0 Å². The third kappa shape index (κ3) is 7.67. The number of aliphatic hydroxyl groups is 1. The number of oxazole rings is 1. The monoisotopic (exact) mass is 585 g/mol. The highest BCUT2D eigenvalue weighted by atomic mass is 16.5. The lowest BCUT2D eigenvalue weighted by atomic mass is 9.99. The molecule has 2 fully saturated rings. The van der Waals surface area contributed by atoms with Crippen molar-refractivity contribution in [3.8, 4) is 5.75 Å². The van der Waals surface area contributed by atoms with Crippen LogP contribution in [0.5, 0.6) is 5.75 Å². The molecule has 0 radical (unpaired) electrons. The minimum absolute atomic E-state index is 0.00526. The second-order valence-corrected chi connectivity index (χ2v) is 11.9. The zero-order valence-electron chi connectivity index (χ0n) is 25.3. The summed E-state index contributed by atoms with van der Waals surface area (Å²) in [6.07, 6.45) is 3.25. The molecule has 12 heteroatoms. The summed E-state index contributed by atoms with van der Waals surface area (Å²) in [6.45, 7) is 9.04. The maximum absolute atomic E-state index is 13.4. The van der Waals surface area contributed by atoms with E-state index in [1.54, 1.807) is 0 Å². The fourth-order valence-electron chi connectivity index (χ4n) is 6.01. The Kier molecular flexibility index (Phi) is 10.5.